The molecule has 0 aliphatic carbocycles. The minimum Gasteiger partial charge on any atom is -0.493 e. The van der Waals surface area contributed by atoms with Gasteiger partial charge in [0.2, 0.25) is 0 Å². The molecule has 0 atom stereocenters. The van der Waals surface area contributed by atoms with E-state index in [1.807, 2.05) is 0 Å². The molecular weight excluding hydrogens is 290 g/mol. The van der Waals surface area contributed by atoms with E-state index in [0.717, 1.165) is 25.3 Å². The molecule has 0 unspecified atom stereocenters. The first kappa shape index (κ1) is 12.5. The smallest absolute Gasteiger partial charge is 0.127 e. The average Bonchev–Trinajstić information content (AvgIpc) is 2.66. The zero-order valence-electron chi connectivity index (χ0n) is 10.8. The van der Waals surface area contributed by atoms with Crippen molar-refractivity contribution in [3.63, 3.8) is 0 Å². The average molecular weight is 310 g/mol. The fourth-order valence-corrected chi connectivity index (χ4v) is 3.55. The fourth-order valence-electron chi connectivity index (χ4n) is 3.00. The minimum atomic E-state index is 0.846. The van der Waals surface area contributed by atoms with Gasteiger partial charge in [-0.1, -0.05) is 28.8 Å². The number of benzene rings is 1. The van der Waals surface area contributed by atoms with Crippen LogP contribution in [0.4, 0.5) is 0 Å². The number of fused-ring (bicyclic) bond motifs is 1. The second kappa shape index (κ2) is 5.62. The highest BCUT2D eigenvalue weighted by Crippen LogP contribution is 2.34. The molecule has 98 valence electrons. The van der Waals surface area contributed by atoms with E-state index in [9.17, 15) is 0 Å². The fraction of sp³-hybridized carbons (Fsp3) is 0.600. The highest BCUT2D eigenvalue weighted by atomic mass is 79.9. The third kappa shape index (κ3) is 2.72. The molecule has 1 saturated heterocycles. The maximum absolute atomic E-state index is 5.81. The van der Waals surface area contributed by atoms with Gasteiger partial charge in [-0.25, -0.2) is 0 Å². The molecule has 2 aliphatic rings. The molecule has 1 aromatic carbocycles. The maximum Gasteiger partial charge on any atom is 0.127 e. The first-order valence-corrected chi connectivity index (χ1v) is 7.79. The van der Waals surface area contributed by atoms with Crippen molar-refractivity contribution in [2.24, 2.45) is 0 Å². The van der Waals surface area contributed by atoms with E-state index in [4.69, 9.17) is 4.74 Å². The molecule has 0 N–H and O–H groups in total. The summed E-state index contributed by atoms with van der Waals surface area (Å²) in [5, 5.41) is 0. The molecule has 2 aliphatic heterocycles. The van der Waals surface area contributed by atoms with Crippen molar-refractivity contribution < 1.29 is 4.74 Å². The molecule has 3 rings (SSSR count). The first-order chi connectivity index (χ1) is 8.83. The summed E-state index contributed by atoms with van der Waals surface area (Å²) in [4.78, 5) is 2.58. The Morgan fingerprint density at radius 3 is 2.67 bits per heavy atom. The van der Waals surface area contributed by atoms with Gasteiger partial charge in [0.15, 0.2) is 0 Å². The zero-order valence-corrected chi connectivity index (χ0v) is 12.3. The predicted octanol–water partition coefficient (Wildman–Crippen LogP) is 3.76. The number of hydrogen-bond donors (Lipinski definition) is 0. The van der Waals surface area contributed by atoms with Gasteiger partial charge in [0.25, 0.3) is 0 Å². The van der Waals surface area contributed by atoms with E-state index < -0.39 is 0 Å². The van der Waals surface area contributed by atoms with Crippen molar-refractivity contribution in [2.45, 2.75) is 38.6 Å². The van der Waals surface area contributed by atoms with Crippen molar-refractivity contribution in [1.82, 2.24) is 4.90 Å². The van der Waals surface area contributed by atoms with E-state index in [0.29, 0.717) is 0 Å². The Kier molecular flexibility index (Phi) is 3.90. The van der Waals surface area contributed by atoms with Crippen LogP contribution in [0.2, 0.25) is 0 Å². The Labute approximate surface area is 117 Å². The van der Waals surface area contributed by atoms with E-state index in [1.165, 1.54) is 54.4 Å². The van der Waals surface area contributed by atoms with Crippen LogP contribution in [0.3, 0.4) is 0 Å². The summed E-state index contributed by atoms with van der Waals surface area (Å²) in [5.41, 5.74) is 2.73. The lowest BCUT2D eigenvalue weighted by Gasteiger charge is -2.21. The highest BCUT2D eigenvalue weighted by molar-refractivity contribution is 9.10. The normalized spacial score (nSPS) is 20.3. The molecule has 2 heterocycles. The topological polar surface area (TPSA) is 12.5 Å². The third-order valence-corrected chi connectivity index (χ3v) is 4.38. The quantitative estimate of drug-likeness (QED) is 0.825. The monoisotopic (exact) mass is 309 g/mol. The highest BCUT2D eigenvalue weighted by Gasteiger charge is 2.19. The molecule has 0 saturated carbocycles. The van der Waals surface area contributed by atoms with Crippen molar-refractivity contribution in [3.05, 3.63) is 27.7 Å². The van der Waals surface area contributed by atoms with Crippen molar-refractivity contribution in [2.75, 3.05) is 19.7 Å². The van der Waals surface area contributed by atoms with Crippen LogP contribution in [-0.4, -0.2) is 24.6 Å². The van der Waals surface area contributed by atoms with E-state index in [-0.39, 0.29) is 0 Å². The standard InChI is InChI=1S/C15H20BrNO/c16-14-9-12-5-8-18-15(12)13(10-14)11-17-6-3-1-2-4-7-17/h9-10H,1-8,11H2. The van der Waals surface area contributed by atoms with Crippen molar-refractivity contribution >= 4 is 15.9 Å². The summed E-state index contributed by atoms with van der Waals surface area (Å²) in [7, 11) is 0. The number of hydrogen-bond acceptors (Lipinski definition) is 2. The summed E-state index contributed by atoms with van der Waals surface area (Å²) >= 11 is 3.62. The zero-order chi connectivity index (χ0) is 12.4. The molecule has 1 aromatic rings. The lowest BCUT2D eigenvalue weighted by molar-refractivity contribution is 0.269. The van der Waals surface area contributed by atoms with Crippen LogP contribution in [0.5, 0.6) is 5.75 Å². The second-order valence-corrected chi connectivity index (χ2v) is 6.26. The van der Waals surface area contributed by atoms with Gasteiger partial charge >= 0.3 is 0 Å². The molecule has 18 heavy (non-hydrogen) atoms. The summed E-state index contributed by atoms with van der Waals surface area (Å²) < 4.78 is 7.00. The number of rotatable bonds is 2. The molecule has 0 aromatic heterocycles. The van der Waals surface area contributed by atoms with Gasteiger partial charge in [0, 0.05) is 23.0 Å². The van der Waals surface area contributed by atoms with Crippen LogP contribution in [0, 0.1) is 0 Å². The van der Waals surface area contributed by atoms with Crippen LogP contribution in [0.15, 0.2) is 16.6 Å². The van der Waals surface area contributed by atoms with Gasteiger partial charge in [-0.2, -0.15) is 0 Å². The SMILES string of the molecule is Brc1cc2c(c(CN3CCCCCC3)c1)OCC2. The Bertz CT molecular complexity index is 425. The van der Waals surface area contributed by atoms with Crippen LogP contribution in [0.25, 0.3) is 0 Å². The van der Waals surface area contributed by atoms with Crippen molar-refractivity contribution in [3.8, 4) is 5.75 Å². The summed E-state index contributed by atoms with van der Waals surface area (Å²) in [6, 6.07) is 4.43. The molecule has 0 bridgehead atoms. The van der Waals surface area contributed by atoms with Crippen molar-refractivity contribution in [1.29, 1.82) is 0 Å². The summed E-state index contributed by atoms with van der Waals surface area (Å²) in [6.07, 6.45) is 6.53. The molecule has 2 nitrogen and oxygen atoms in total. The van der Waals surface area contributed by atoms with Crippen LogP contribution >= 0.6 is 15.9 Å². The van der Waals surface area contributed by atoms with Gasteiger partial charge in [0.1, 0.15) is 5.75 Å². The van der Waals surface area contributed by atoms with E-state index >= 15 is 0 Å². The Morgan fingerprint density at radius 1 is 1.11 bits per heavy atom. The van der Waals surface area contributed by atoms with Crippen LogP contribution in [-0.2, 0) is 13.0 Å². The minimum absolute atomic E-state index is 0.846. The molecular formula is C15H20BrNO. The first-order valence-electron chi connectivity index (χ1n) is 6.99. The van der Waals surface area contributed by atoms with Gasteiger partial charge < -0.3 is 4.74 Å². The largest absolute Gasteiger partial charge is 0.493 e. The van der Waals surface area contributed by atoms with Crippen LogP contribution < -0.4 is 4.74 Å². The molecule has 0 spiro atoms. The molecule has 0 radical (unpaired) electrons. The van der Waals surface area contributed by atoms with E-state index in [1.54, 1.807) is 0 Å². The molecule has 1 fully saturated rings. The van der Waals surface area contributed by atoms with Gasteiger partial charge in [-0.15, -0.1) is 0 Å². The third-order valence-electron chi connectivity index (χ3n) is 3.92. The Morgan fingerprint density at radius 2 is 1.89 bits per heavy atom. The maximum atomic E-state index is 5.81. The number of nitrogens with zero attached hydrogens (tertiary/aromatic N) is 1. The Hall–Kier alpha value is -0.540. The van der Waals surface area contributed by atoms with Gasteiger partial charge in [-0.05, 0) is 43.6 Å². The second-order valence-electron chi connectivity index (χ2n) is 5.34. The summed E-state index contributed by atoms with van der Waals surface area (Å²) in [5.74, 6) is 1.16. The van der Waals surface area contributed by atoms with Crippen LogP contribution in [0.1, 0.15) is 36.8 Å². The van der Waals surface area contributed by atoms with Gasteiger partial charge in [0.05, 0.1) is 6.61 Å². The lowest BCUT2D eigenvalue weighted by Crippen LogP contribution is -2.24. The molecule has 3 heteroatoms. The number of ether oxygens (including phenoxy) is 1. The number of halogens is 1. The van der Waals surface area contributed by atoms with E-state index in [2.05, 4.69) is 33.0 Å². The summed E-state index contributed by atoms with van der Waals surface area (Å²) in [6.45, 7) is 4.36. The predicted molar refractivity (Wildman–Crippen MR) is 77.1 cm³/mol. The molecule has 0 amide bonds. The lowest BCUT2D eigenvalue weighted by atomic mass is 10.1. The number of likely N-dealkylation sites (tertiary alicyclic amines) is 1. The van der Waals surface area contributed by atoms with Gasteiger partial charge in [-0.3, -0.25) is 4.90 Å². The Balaban J connectivity index is 1.79.